The average molecular weight is 236 g/mol. The van der Waals surface area contributed by atoms with Gasteiger partial charge in [0.05, 0.1) is 18.1 Å². The van der Waals surface area contributed by atoms with E-state index in [1.807, 2.05) is 24.4 Å². The van der Waals surface area contributed by atoms with Crippen molar-refractivity contribution in [3.63, 3.8) is 0 Å². The first kappa shape index (κ1) is 11.1. The third-order valence-corrected chi connectivity index (χ3v) is 2.75. The highest BCUT2D eigenvalue weighted by atomic mass is 35.5. The van der Waals surface area contributed by atoms with Crippen molar-refractivity contribution in [1.82, 2.24) is 15.0 Å². The van der Waals surface area contributed by atoms with Crippen molar-refractivity contribution in [2.75, 3.05) is 0 Å². The largest absolute Gasteiger partial charge is 0.220 e. The molecule has 0 saturated heterocycles. The third-order valence-electron chi connectivity index (χ3n) is 2.51. The van der Waals surface area contributed by atoms with Crippen molar-refractivity contribution in [2.24, 2.45) is 0 Å². The zero-order valence-corrected chi connectivity index (χ0v) is 9.98. The van der Waals surface area contributed by atoms with Crippen LogP contribution in [0.1, 0.15) is 25.3 Å². The highest BCUT2D eigenvalue weighted by Gasteiger charge is 2.05. The molecule has 0 N–H and O–H groups in total. The van der Waals surface area contributed by atoms with Crippen LogP contribution in [0, 0.1) is 0 Å². The first-order chi connectivity index (χ1) is 7.81. The molecule has 0 unspecified atom stereocenters. The van der Waals surface area contributed by atoms with Gasteiger partial charge in [-0.15, -0.1) is 5.10 Å². The molecule has 4 heteroatoms. The molecule has 0 saturated carbocycles. The number of hydrogen-bond donors (Lipinski definition) is 0. The molecule has 1 aromatic heterocycles. The van der Waals surface area contributed by atoms with Crippen LogP contribution in [0.4, 0.5) is 0 Å². The van der Waals surface area contributed by atoms with E-state index in [1.165, 1.54) is 12.0 Å². The Balaban J connectivity index is 2.36. The minimum atomic E-state index is 0.773. The lowest BCUT2D eigenvalue weighted by molar-refractivity contribution is 0.760. The molecule has 0 radical (unpaired) electrons. The highest BCUT2D eigenvalue weighted by Crippen LogP contribution is 2.20. The second-order valence-corrected chi connectivity index (χ2v) is 4.16. The number of benzene rings is 1. The molecular formula is C12H14ClN3. The average Bonchev–Trinajstić information content (AvgIpc) is 2.80. The molecule has 1 aromatic carbocycles. The van der Waals surface area contributed by atoms with Crippen molar-refractivity contribution in [3.05, 3.63) is 41.2 Å². The van der Waals surface area contributed by atoms with Crippen LogP contribution in [0.25, 0.3) is 5.69 Å². The Bertz CT molecular complexity index is 451. The number of nitrogens with zero attached hydrogens (tertiary/aromatic N) is 3. The topological polar surface area (TPSA) is 30.7 Å². The smallest absolute Gasteiger partial charge is 0.0697 e. The molecule has 2 rings (SSSR count). The summed E-state index contributed by atoms with van der Waals surface area (Å²) in [5, 5.41) is 8.60. The van der Waals surface area contributed by atoms with Gasteiger partial charge in [-0.1, -0.05) is 30.2 Å². The number of unbranched alkanes of at least 4 members (excludes halogenated alkanes) is 1. The van der Waals surface area contributed by atoms with Gasteiger partial charge < -0.3 is 0 Å². The summed E-state index contributed by atoms with van der Waals surface area (Å²) in [5.41, 5.74) is 2.29. The molecule has 3 nitrogen and oxygen atoms in total. The van der Waals surface area contributed by atoms with Crippen LogP contribution in [0.15, 0.2) is 30.6 Å². The van der Waals surface area contributed by atoms with Crippen LogP contribution >= 0.6 is 11.6 Å². The van der Waals surface area contributed by atoms with E-state index in [2.05, 4.69) is 17.2 Å². The van der Waals surface area contributed by atoms with Gasteiger partial charge in [0.15, 0.2) is 0 Å². The van der Waals surface area contributed by atoms with Crippen molar-refractivity contribution < 1.29 is 0 Å². The molecule has 0 amide bonds. The Morgan fingerprint density at radius 3 is 2.94 bits per heavy atom. The van der Waals surface area contributed by atoms with E-state index in [4.69, 9.17) is 11.6 Å². The number of hydrogen-bond acceptors (Lipinski definition) is 2. The summed E-state index contributed by atoms with van der Waals surface area (Å²) in [7, 11) is 0. The number of halogens is 1. The molecule has 1 heterocycles. The summed E-state index contributed by atoms with van der Waals surface area (Å²) in [6, 6.07) is 5.88. The number of rotatable bonds is 4. The summed E-state index contributed by atoms with van der Waals surface area (Å²) >= 11 is 6.01. The lowest BCUT2D eigenvalue weighted by atomic mass is 10.1. The van der Waals surface area contributed by atoms with E-state index >= 15 is 0 Å². The standard InChI is InChI=1S/C12H14ClN3/c1-2-3-4-10-9-11(13)5-6-12(10)16-8-7-14-15-16/h5-9H,2-4H2,1H3. The molecule has 2 aromatic rings. The molecule has 0 spiro atoms. The Morgan fingerprint density at radius 1 is 1.38 bits per heavy atom. The quantitative estimate of drug-likeness (QED) is 0.815. The predicted molar refractivity (Wildman–Crippen MR) is 65.0 cm³/mol. The lowest BCUT2D eigenvalue weighted by Gasteiger charge is -2.08. The highest BCUT2D eigenvalue weighted by molar-refractivity contribution is 6.30. The summed E-state index contributed by atoms with van der Waals surface area (Å²) in [6.45, 7) is 2.18. The Labute approximate surface area is 100 Å². The van der Waals surface area contributed by atoms with E-state index in [1.54, 1.807) is 10.9 Å². The second-order valence-electron chi connectivity index (χ2n) is 3.72. The molecule has 0 aliphatic rings. The molecule has 0 atom stereocenters. The number of aromatic nitrogens is 3. The van der Waals surface area contributed by atoms with E-state index in [-0.39, 0.29) is 0 Å². The van der Waals surface area contributed by atoms with E-state index in [0.29, 0.717) is 0 Å². The number of aryl methyl sites for hydroxylation is 1. The van der Waals surface area contributed by atoms with Crippen molar-refractivity contribution in [1.29, 1.82) is 0 Å². The van der Waals surface area contributed by atoms with Gasteiger partial charge >= 0.3 is 0 Å². The maximum Gasteiger partial charge on any atom is 0.0697 e. The molecule has 0 aliphatic heterocycles. The minimum absolute atomic E-state index is 0.773. The zero-order valence-electron chi connectivity index (χ0n) is 9.23. The summed E-state index contributed by atoms with van der Waals surface area (Å²) in [6.07, 6.45) is 6.87. The van der Waals surface area contributed by atoms with Crippen molar-refractivity contribution in [3.8, 4) is 5.69 Å². The van der Waals surface area contributed by atoms with Crippen LogP contribution in [0.5, 0.6) is 0 Å². The molecule has 0 aliphatic carbocycles. The van der Waals surface area contributed by atoms with Gasteiger partial charge in [0.1, 0.15) is 0 Å². The van der Waals surface area contributed by atoms with E-state index in [9.17, 15) is 0 Å². The second kappa shape index (κ2) is 5.12. The van der Waals surface area contributed by atoms with Gasteiger partial charge in [-0.25, -0.2) is 4.68 Å². The van der Waals surface area contributed by atoms with Gasteiger partial charge in [-0.2, -0.15) is 0 Å². The van der Waals surface area contributed by atoms with Crippen molar-refractivity contribution >= 4 is 11.6 Å². The normalized spacial score (nSPS) is 10.6. The lowest BCUT2D eigenvalue weighted by Crippen LogP contribution is -2.00. The first-order valence-corrected chi connectivity index (χ1v) is 5.84. The summed E-state index contributed by atoms with van der Waals surface area (Å²) in [5.74, 6) is 0. The fraction of sp³-hybridized carbons (Fsp3) is 0.333. The Morgan fingerprint density at radius 2 is 2.25 bits per heavy atom. The minimum Gasteiger partial charge on any atom is -0.220 e. The fourth-order valence-corrected chi connectivity index (χ4v) is 1.88. The molecule has 84 valence electrons. The van der Waals surface area contributed by atoms with Gasteiger partial charge in [0, 0.05) is 5.02 Å². The molecule has 16 heavy (non-hydrogen) atoms. The van der Waals surface area contributed by atoms with E-state index in [0.717, 1.165) is 23.6 Å². The van der Waals surface area contributed by atoms with Crippen molar-refractivity contribution in [2.45, 2.75) is 26.2 Å². The van der Waals surface area contributed by atoms with Crippen LogP contribution in [0.2, 0.25) is 5.02 Å². The fourth-order valence-electron chi connectivity index (χ4n) is 1.68. The van der Waals surface area contributed by atoms with Gasteiger partial charge in [-0.05, 0) is 36.6 Å². The molecule has 0 bridgehead atoms. The Hall–Kier alpha value is -1.35. The third kappa shape index (κ3) is 2.42. The zero-order chi connectivity index (χ0) is 11.4. The van der Waals surface area contributed by atoms with Gasteiger partial charge in [-0.3, -0.25) is 0 Å². The maximum absolute atomic E-state index is 6.01. The van der Waals surface area contributed by atoms with E-state index < -0.39 is 0 Å². The van der Waals surface area contributed by atoms with Crippen LogP contribution in [-0.2, 0) is 6.42 Å². The summed E-state index contributed by atoms with van der Waals surface area (Å²) < 4.78 is 1.78. The Kier molecular flexibility index (Phi) is 3.57. The summed E-state index contributed by atoms with van der Waals surface area (Å²) in [4.78, 5) is 0. The monoisotopic (exact) mass is 235 g/mol. The van der Waals surface area contributed by atoms with Crippen LogP contribution in [0.3, 0.4) is 0 Å². The first-order valence-electron chi connectivity index (χ1n) is 5.46. The predicted octanol–water partition coefficient (Wildman–Crippen LogP) is 3.26. The molecule has 0 fully saturated rings. The molecular weight excluding hydrogens is 222 g/mol. The maximum atomic E-state index is 6.01. The van der Waals surface area contributed by atoms with Gasteiger partial charge in [0.2, 0.25) is 0 Å². The van der Waals surface area contributed by atoms with Crippen LogP contribution < -0.4 is 0 Å². The van der Waals surface area contributed by atoms with Gasteiger partial charge in [0.25, 0.3) is 0 Å². The SMILES string of the molecule is CCCCc1cc(Cl)ccc1-n1ccnn1. The van der Waals surface area contributed by atoms with Crippen LogP contribution in [-0.4, -0.2) is 15.0 Å².